The van der Waals surface area contributed by atoms with Gasteiger partial charge in [-0.05, 0) is 32.1 Å². The Kier molecular flexibility index (Phi) is 6.08. The summed E-state index contributed by atoms with van der Waals surface area (Å²) in [5.41, 5.74) is 0. The molecule has 0 aromatic carbocycles. The molecule has 0 unspecified atom stereocenters. The van der Waals surface area contributed by atoms with Crippen molar-refractivity contribution in [3.8, 4) is 0 Å². The first-order valence-corrected chi connectivity index (χ1v) is 6.83. The first-order chi connectivity index (χ1) is 8.92. The van der Waals surface area contributed by atoms with Crippen LogP contribution in [0, 0.1) is 5.92 Å². The number of amides is 2. The number of carbonyl (C=O) groups is 2. The van der Waals surface area contributed by atoms with Gasteiger partial charge in [0.25, 0.3) is 0 Å². The summed E-state index contributed by atoms with van der Waals surface area (Å²) in [7, 11) is 0. The smallest absolute Gasteiger partial charge is 0.326 e. The summed E-state index contributed by atoms with van der Waals surface area (Å²) in [6.07, 6.45) is 2.24. The van der Waals surface area contributed by atoms with Gasteiger partial charge in [0.2, 0.25) is 0 Å². The number of urea groups is 1. The lowest BCUT2D eigenvalue weighted by molar-refractivity contribution is -0.139. The summed E-state index contributed by atoms with van der Waals surface area (Å²) >= 11 is 0. The molecule has 0 saturated heterocycles. The van der Waals surface area contributed by atoms with Crippen LogP contribution in [0.2, 0.25) is 0 Å². The van der Waals surface area contributed by atoms with E-state index in [0.29, 0.717) is 13.0 Å². The van der Waals surface area contributed by atoms with Crippen LogP contribution in [0.4, 0.5) is 4.79 Å². The Labute approximate surface area is 113 Å². The van der Waals surface area contributed by atoms with E-state index in [2.05, 4.69) is 10.6 Å². The third-order valence-electron chi connectivity index (χ3n) is 3.14. The number of aliphatic carboxylic acids is 1. The SMILES string of the molecule is CCOC1CC(NC(=O)N[C@H](CC(C)C)C(=O)O)C1. The summed E-state index contributed by atoms with van der Waals surface area (Å²) in [5, 5.41) is 14.3. The molecule has 0 heterocycles. The molecule has 1 rings (SSSR count). The monoisotopic (exact) mass is 272 g/mol. The molecule has 0 aliphatic heterocycles. The minimum absolute atomic E-state index is 0.0880. The quantitative estimate of drug-likeness (QED) is 0.653. The van der Waals surface area contributed by atoms with Crippen LogP contribution in [0.1, 0.15) is 40.0 Å². The second kappa shape index (κ2) is 7.33. The van der Waals surface area contributed by atoms with Crippen molar-refractivity contribution >= 4 is 12.0 Å². The van der Waals surface area contributed by atoms with Crippen LogP contribution >= 0.6 is 0 Å². The maximum absolute atomic E-state index is 11.7. The molecule has 6 nitrogen and oxygen atoms in total. The first kappa shape index (κ1) is 15.8. The van der Waals surface area contributed by atoms with Crippen molar-refractivity contribution in [3.63, 3.8) is 0 Å². The molecule has 19 heavy (non-hydrogen) atoms. The van der Waals surface area contributed by atoms with Crippen molar-refractivity contribution in [2.75, 3.05) is 6.61 Å². The molecular formula is C13H24N2O4. The molecule has 0 spiro atoms. The molecule has 1 aliphatic rings. The van der Waals surface area contributed by atoms with E-state index in [9.17, 15) is 9.59 Å². The van der Waals surface area contributed by atoms with E-state index in [4.69, 9.17) is 9.84 Å². The van der Waals surface area contributed by atoms with Crippen molar-refractivity contribution in [2.24, 2.45) is 5.92 Å². The topological polar surface area (TPSA) is 87.7 Å². The zero-order valence-corrected chi connectivity index (χ0v) is 11.8. The van der Waals surface area contributed by atoms with E-state index in [0.717, 1.165) is 12.8 Å². The Morgan fingerprint density at radius 2 is 2.00 bits per heavy atom. The average Bonchev–Trinajstić information content (AvgIpc) is 2.24. The Hall–Kier alpha value is -1.30. The van der Waals surface area contributed by atoms with Crippen molar-refractivity contribution in [1.29, 1.82) is 0 Å². The van der Waals surface area contributed by atoms with Gasteiger partial charge in [-0.25, -0.2) is 9.59 Å². The van der Waals surface area contributed by atoms with E-state index in [1.165, 1.54) is 0 Å². The van der Waals surface area contributed by atoms with Crippen LogP contribution in [0.25, 0.3) is 0 Å². The van der Waals surface area contributed by atoms with E-state index in [1.54, 1.807) is 0 Å². The fraction of sp³-hybridized carbons (Fsp3) is 0.846. The van der Waals surface area contributed by atoms with E-state index in [1.807, 2.05) is 20.8 Å². The zero-order valence-electron chi connectivity index (χ0n) is 11.8. The molecule has 1 saturated carbocycles. The molecule has 0 aromatic rings. The van der Waals surface area contributed by atoms with Gasteiger partial charge in [-0.1, -0.05) is 13.8 Å². The Bertz CT molecular complexity index is 314. The molecule has 0 radical (unpaired) electrons. The van der Waals surface area contributed by atoms with Gasteiger partial charge in [-0.2, -0.15) is 0 Å². The van der Waals surface area contributed by atoms with E-state index >= 15 is 0 Å². The van der Waals surface area contributed by atoms with Gasteiger partial charge in [0.1, 0.15) is 6.04 Å². The minimum Gasteiger partial charge on any atom is -0.480 e. The van der Waals surface area contributed by atoms with Gasteiger partial charge in [-0.3, -0.25) is 0 Å². The maximum Gasteiger partial charge on any atom is 0.326 e. The fourth-order valence-corrected chi connectivity index (χ4v) is 2.13. The molecule has 0 aromatic heterocycles. The molecule has 1 atom stereocenters. The van der Waals surface area contributed by atoms with Crippen molar-refractivity contribution in [3.05, 3.63) is 0 Å². The predicted octanol–water partition coefficient (Wildman–Crippen LogP) is 1.35. The van der Waals surface area contributed by atoms with Crippen LogP contribution in [0.5, 0.6) is 0 Å². The minimum atomic E-state index is -0.996. The lowest BCUT2D eigenvalue weighted by Gasteiger charge is -2.35. The number of carboxylic acid groups (broad SMARTS) is 1. The van der Waals surface area contributed by atoms with Crippen LogP contribution in [-0.4, -0.2) is 41.9 Å². The number of carboxylic acids is 1. The van der Waals surface area contributed by atoms with Gasteiger partial charge in [0, 0.05) is 12.6 Å². The van der Waals surface area contributed by atoms with Crippen molar-refractivity contribution in [2.45, 2.75) is 58.2 Å². The molecule has 1 fully saturated rings. The number of hydrogen-bond donors (Lipinski definition) is 3. The lowest BCUT2D eigenvalue weighted by atomic mass is 9.89. The molecule has 2 amide bonds. The Morgan fingerprint density at radius 1 is 1.37 bits per heavy atom. The molecule has 1 aliphatic carbocycles. The first-order valence-electron chi connectivity index (χ1n) is 6.83. The largest absolute Gasteiger partial charge is 0.480 e. The molecule has 110 valence electrons. The highest BCUT2D eigenvalue weighted by atomic mass is 16.5. The zero-order chi connectivity index (χ0) is 14.4. The predicted molar refractivity (Wildman–Crippen MR) is 71.0 cm³/mol. The van der Waals surface area contributed by atoms with Crippen LogP contribution in [0.3, 0.4) is 0 Å². The highest BCUT2D eigenvalue weighted by Gasteiger charge is 2.31. The van der Waals surface area contributed by atoms with Gasteiger partial charge in [0.15, 0.2) is 0 Å². The normalized spacial score (nSPS) is 23.6. The Morgan fingerprint density at radius 3 is 2.47 bits per heavy atom. The molecule has 3 N–H and O–H groups in total. The number of hydrogen-bond acceptors (Lipinski definition) is 3. The number of ether oxygens (including phenoxy) is 1. The van der Waals surface area contributed by atoms with Crippen LogP contribution < -0.4 is 10.6 Å². The van der Waals surface area contributed by atoms with Gasteiger partial charge >= 0.3 is 12.0 Å². The standard InChI is InChI=1S/C13H24N2O4/c1-4-19-10-6-9(7-10)14-13(18)15-11(12(16)17)5-8(2)3/h8-11H,4-7H2,1-3H3,(H,16,17)(H2,14,15,18)/t9?,10?,11-/m1/s1. The number of rotatable bonds is 7. The third kappa shape index (κ3) is 5.46. The van der Waals surface area contributed by atoms with Gasteiger partial charge in [-0.15, -0.1) is 0 Å². The van der Waals surface area contributed by atoms with Crippen molar-refractivity contribution < 1.29 is 19.4 Å². The lowest BCUT2D eigenvalue weighted by Crippen LogP contribution is -2.54. The van der Waals surface area contributed by atoms with E-state index < -0.39 is 18.0 Å². The van der Waals surface area contributed by atoms with Gasteiger partial charge in [0.05, 0.1) is 6.10 Å². The third-order valence-corrected chi connectivity index (χ3v) is 3.14. The van der Waals surface area contributed by atoms with Crippen LogP contribution in [-0.2, 0) is 9.53 Å². The Balaban J connectivity index is 2.28. The van der Waals surface area contributed by atoms with Crippen LogP contribution in [0.15, 0.2) is 0 Å². The molecular weight excluding hydrogens is 248 g/mol. The maximum atomic E-state index is 11.7. The fourth-order valence-electron chi connectivity index (χ4n) is 2.13. The number of nitrogens with one attached hydrogen (secondary N) is 2. The summed E-state index contributed by atoms with van der Waals surface area (Å²) in [5.74, 6) is -0.780. The second-order valence-electron chi connectivity index (χ2n) is 5.38. The second-order valence-corrected chi connectivity index (χ2v) is 5.38. The van der Waals surface area contributed by atoms with Crippen molar-refractivity contribution in [1.82, 2.24) is 10.6 Å². The van der Waals surface area contributed by atoms with E-state index in [-0.39, 0.29) is 18.1 Å². The number of carbonyl (C=O) groups excluding carboxylic acids is 1. The highest BCUT2D eigenvalue weighted by Crippen LogP contribution is 2.23. The molecule has 6 heteroatoms. The van der Waals surface area contributed by atoms with Gasteiger partial charge < -0.3 is 20.5 Å². The molecule has 0 bridgehead atoms. The highest BCUT2D eigenvalue weighted by molar-refractivity contribution is 5.82. The summed E-state index contributed by atoms with van der Waals surface area (Å²) in [6, 6.07) is -1.15. The average molecular weight is 272 g/mol. The summed E-state index contributed by atoms with van der Waals surface area (Å²) in [6.45, 7) is 6.47. The summed E-state index contributed by atoms with van der Waals surface area (Å²) in [4.78, 5) is 22.7. The summed E-state index contributed by atoms with van der Waals surface area (Å²) < 4.78 is 5.40.